The minimum atomic E-state index is -0.402. The summed E-state index contributed by atoms with van der Waals surface area (Å²) in [6, 6.07) is 4.70. The number of aromatic nitrogens is 3. The fraction of sp³-hybridized carbons (Fsp3) is 0.429. The van der Waals surface area contributed by atoms with Gasteiger partial charge in [0.1, 0.15) is 17.2 Å². The van der Waals surface area contributed by atoms with E-state index in [-0.39, 0.29) is 11.7 Å². The molecule has 1 heterocycles. The molecule has 0 saturated carbocycles. The van der Waals surface area contributed by atoms with Crippen LogP contribution in [0.25, 0.3) is 5.69 Å². The van der Waals surface area contributed by atoms with E-state index in [1.807, 2.05) is 14.0 Å². The Morgan fingerprint density at radius 2 is 2.15 bits per heavy atom. The smallest absolute Gasteiger partial charge is 0.150 e. The van der Waals surface area contributed by atoms with Gasteiger partial charge in [-0.05, 0) is 32.0 Å². The first-order valence-corrected chi connectivity index (χ1v) is 7.07. The Morgan fingerprint density at radius 3 is 2.70 bits per heavy atom. The molecule has 20 heavy (non-hydrogen) atoms. The summed E-state index contributed by atoms with van der Waals surface area (Å²) < 4.78 is 15.5. The normalized spacial score (nSPS) is 12.7. The van der Waals surface area contributed by atoms with Gasteiger partial charge in [0.15, 0.2) is 0 Å². The molecule has 1 aromatic carbocycles. The molecule has 6 heteroatoms. The zero-order valence-electron chi connectivity index (χ0n) is 11.8. The first-order valence-electron chi connectivity index (χ1n) is 6.70. The second-order valence-corrected chi connectivity index (χ2v) is 4.91. The van der Waals surface area contributed by atoms with Gasteiger partial charge in [0.2, 0.25) is 0 Å². The van der Waals surface area contributed by atoms with Crippen molar-refractivity contribution in [2.75, 3.05) is 7.05 Å². The predicted molar refractivity (Wildman–Crippen MR) is 77.8 cm³/mol. The van der Waals surface area contributed by atoms with Crippen molar-refractivity contribution in [2.24, 2.45) is 0 Å². The third-order valence-corrected chi connectivity index (χ3v) is 3.67. The lowest BCUT2D eigenvalue weighted by molar-refractivity contribution is 0.555. The Kier molecular flexibility index (Phi) is 4.73. The van der Waals surface area contributed by atoms with E-state index >= 15 is 0 Å². The van der Waals surface area contributed by atoms with Gasteiger partial charge in [-0.1, -0.05) is 36.7 Å². The van der Waals surface area contributed by atoms with Crippen LogP contribution in [0.2, 0.25) is 5.02 Å². The number of halogens is 2. The number of benzene rings is 1. The average molecular weight is 297 g/mol. The monoisotopic (exact) mass is 296 g/mol. The Morgan fingerprint density at radius 1 is 1.40 bits per heavy atom. The summed E-state index contributed by atoms with van der Waals surface area (Å²) in [5.74, 6) is -0.402. The van der Waals surface area contributed by atoms with Crippen LogP contribution in [0.5, 0.6) is 0 Å². The molecule has 0 spiro atoms. The molecule has 0 bridgehead atoms. The number of nitrogens with zero attached hydrogens (tertiary/aromatic N) is 3. The second kappa shape index (κ2) is 6.33. The maximum absolute atomic E-state index is 14.0. The summed E-state index contributed by atoms with van der Waals surface area (Å²) in [4.78, 5) is 0. The molecule has 2 aromatic rings. The van der Waals surface area contributed by atoms with Gasteiger partial charge in [-0.15, -0.1) is 5.10 Å². The molecule has 2 rings (SSSR count). The number of hydrogen-bond donors (Lipinski definition) is 1. The van der Waals surface area contributed by atoms with E-state index in [1.54, 1.807) is 12.1 Å². The summed E-state index contributed by atoms with van der Waals surface area (Å²) in [6.07, 6.45) is 1.58. The molecule has 0 aliphatic carbocycles. The Balaban J connectivity index is 2.59. The van der Waals surface area contributed by atoms with E-state index in [0.717, 1.165) is 17.8 Å². The molecule has 0 aliphatic rings. The quantitative estimate of drug-likeness (QED) is 0.920. The number of hydrogen-bond acceptors (Lipinski definition) is 3. The number of para-hydroxylation sites is 1. The molecule has 0 saturated heterocycles. The maximum atomic E-state index is 14.0. The van der Waals surface area contributed by atoms with Crippen molar-refractivity contribution in [3.8, 4) is 5.69 Å². The highest BCUT2D eigenvalue weighted by atomic mass is 35.5. The zero-order valence-corrected chi connectivity index (χ0v) is 12.6. The van der Waals surface area contributed by atoms with E-state index in [2.05, 4.69) is 22.6 Å². The Labute approximate surface area is 122 Å². The lowest BCUT2D eigenvalue weighted by Gasteiger charge is -2.13. The third-order valence-electron chi connectivity index (χ3n) is 3.36. The predicted octanol–water partition coefficient (Wildman–Crippen LogP) is 3.29. The van der Waals surface area contributed by atoms with E-state index in [4.69, 9.17) is 11.6 Å². The summed E-state index contributed by atoms with van der Waals surface area (Å²) in [6.45, 7) is 4.06. The lowest BCUT2D eigenvalue weighted by atomic mass is 10.1. The van der Waals surface area contributed by atoms with Gasteiger partial charge in [-0.2, -0.15) is 0 Å². The van der Waals surface area contributed by atoms with Crippen molar-refractivity contribution < 1.29 is 4.39 Å². The molecule has 4 nitrogen and oxygen atoms in total. The van der Waals surface area contributed by atoms with Crippen LogP contribution in [0.4, 0.5) is 4.39 Å². The van der Waals surface area contributed by atoms with Crippen molar-refractivity contribution in [1.82, 2.24) is 20.3 Å². The van der Waals surface area contributed by atoms with E-state index < -0.39 is 5.82 Å². The van der Waals surface area contributed by atoms with E-state index in [1.165, 1.54) is 10.7 Å². The van der Waals surface area contributed by atoms with Crippen LogP contribution in [0.1, 0.15) is 37.7 Å². The van der Waals surface area contributed by atoms with Crippen LogP contribution < -0.4 is 5.32 Å². The first-order chi connectivity index (χ1) is 9.63. The third kappa shape index (κ3) is 2.55. The highest BCUT2D eigenvalue weighted by Crippen LogP contribution is 2.27. The van der Waals surface area contributed by atoms with Gasteiger partial charge in [-0.3, -0.25) is 0 Å². The largest absolute Gasteiger partial charge is 0.312 e. The summed E-state index contributed by atoms with van der Waals surface area (Å²) in [7, 11) is 1.88. The zero-order chi connectivity index (χ0) is 14.7. The first kappa shape index (κ1) is 14.9. The molecule has 1 N–H and O–H groups in total. The van der Waals surface area contributed by atoms with Gasteiger partial charge >= 0.3 is 0 Å². The highest BCUT2D eigenvalue weighted by Gasteiger charge is 2.21. The average Bonchev–Trinajstić information content (AvgIpc) is 2.84. The minimum Gasteiger partial charge on any atom is -0.312 e. The second-order valence-electron chi connectivity index (χ2n) is 4.51. The molecular weight excluding hydrogens is 279 g/mol. The standard InChI is InChI=1S/C14H18ClFN4/c1-4-11(17-3)13-12(5-2)20(19-18-13)14-9(15)7-6-8-10(14)16/h6-8,11,17H,4-5H2,1-3H3. The van der Waals surface area contributed by atoms with Crippen molar-refractivity contribution in [1.29, 1.82) is 0 Å². The Hall–Kier alpha value is -1.46. The molecule has 108 valence electrons. The number of rotatable bonds is 5. The van der Waals surface area contributed by atoms with Gasteiger partial charge in [0.25, 0.3) is 0 Å². The molecule has 1 aromatic heterocycles. The van der Waals surface area contributed by atoms with Crippen LogP contribution in [-0.2, 0) is 6.42 Å². The molecular formula is C14H18ClFN4. The minimum absolute atomic E-state index is 0.101. The topological polar surface area (TPSA) is 42.7 Å². The fourth-order valence-electron chi connectivity index (χ4n) is 2.32. The Bertz CT molecular complexity index is 573. The van der Waals surface area contributed by atoms with Crippen LogP contribution in [0.3, 0.4) is 0 Å². The van der Waals surface area contributed by atoms with Crippen molar-refractivity contribution >= 4 is 11.6 Å². The van der Waals surface area contributed by atoms with Crippen molar-refractivity contribution in [3.63, 3.8) is 0 Å². The van der Waals surface area contributed by atoms with Gasteiger partial charge in [0, 0.05) is 0 Å². The molecule has 0 radical (unpaired) electrons. The van der Waals surface area contributed by atoms with Gasteiger partial charge in [0.05, 0.1) is 16.8 Å². The van der Waals surface area contributed by atoms with Crippen molar-refractivity contribution in [2.45, 2.75) is 32.7 Å². The summed E-state index contributed by atoms with van der Waals surface area (Å²) >= 11 is 6.11. The SMILES string of the molecule is CCc1c(C(CC)NC)nnn1-c1c(F)cccc1Cl. The van der Waals surface area contributed by atoms with Crippen LogP contribution in [0, 0.1) is 5.82 Å². The summed E-state index contributed by atoms with van der Waals surface area (Å²) in [5, 5.41) is 11.8. The van der Waals surface area contributed by atoms with Gasteiger partial charge < -0.3 is 5.32 Å². The van der Waals surface area contributed by atoms with Crippen LogP contribution in [-0.4, -0.2) is 22.0 Å². The lowest BCUT2D eigenvalue weighted by Crippen LogP contribution is -2.17. The van der Waals surface area contributed by atoms with Crippen molar-refractivity contribution in [3.05, 3.63) is 40.4 Å². The van der Waals surface area contributed by atoms with Crippen LogP contribution in [0.15, 0.2) is 18.2 Å². The summed E-state index contributed by atoms with van der Waals surface area (Å²) in [5.41, 5.74) is 1.98. The molecule has 0 amide bonds. The highest BCUT2D eigenvalue weighted by molar-refractivity contribution is 6.32. The maximum Gasteiger partial charge on any atom is 0.150 e. The molecule has 1 atom stereocenters. The fourth-order valence-corrected chi connectivity index (χ4v) is 2.56. The van der Waals surface area contributed by atoms with Crippen LogP contribution >= 0.6 is 11.6 Å². The molecule has 0 aliphatic heterocycles. The van der Waals surface area contributed by atoms with E-state index in [9.17, 15) is 4.39 Å². The molecule has 0 fully saturated rings. The number of nitrogens with one attached hydrogen (secondary N) is 1. The van der Waals surface area contributed by atoms with Gasteiger partial charge in [-0.25, -0.2) is 9.07 Å². The molecule has 1 unspecified atom stereocenters. The van der Waals surface area contributed by atoms with E-state index in [0.29, 0.717) is 11.4 Å².